The number of non-ortho nitro benzene ring substituents is 1. The fraction of sp³-hybridized carbons (Fsp3) is 0.304. The molecule has 1 spiro atoms. The number of rotatable bonds is 2. The summed E-state index contributed by atoms with van der Waals surface area (Å²) in [6, 6.07) is 11.3. The zero-order chi connectivity index (χ0) is 22.4. The van der Waals surface area contributed by atoms with Crippen molar-refractivity contribution in [2.24, 2.45) is 11.8 Å². The van der Waals surface area contributed by atoms with Gasteiger partial charge in [-0.3, -0.25) is 34.2 Å². The van der Waals surface area contributed by atoms with Gasteiger partial charge in [-0.05, 0) is 31.5 Å². The molecule has 2 aromatic rings. The Bertz CT molecular complexity index is 1220. The Morgan fingerprint density at radius 3 is 2.12 bits per heavy atom. The van der Waals surface area contributed by atoms with Crippen LogP contribution in [0.1, 0.15) is 33.6 Å². The highest BCUT2D eigenvalue weighted by molar-refractivity contribution is 6.37. The summed E-state index contributed by atoms with van der Waals surface area (Å²) in [4.78, 5) is 67.8. The zero-order valence-corrected chi connectivity index (χ0v) is 16.8. The number of imide groups is 1. The Kier molecular flexibility index (Phi) is 3.66. The van der Waals surface area contributed by atoms with Gasteiger partial charge in [-0.2, -0.15) is 0 Å². The summed E-state index contributed by atoms with van der Waals surface area (Å²) in [7, 11) is 0. The second-order valence-corrected chi connectivity index (χ2v) is 8.66. The molecule has 6 rings (SSSR count). The molecular weight excluding hydrogens is 414 g/mol. The van der Waals surface area contributed by atoms with E-state index in [4.69, 9.17) is 0 Å². The molecule has 0 unspecified atom stereocenters. The second kappa shape index (κ2) is 6.17. The molecule has 3 heterocycles. The molecule has 0 bridgehead atoms. The van der Waals surface area contributed by atoms with Crippen molar-refractivity contribution in [1.29, 1.82) is 0 Å². The van der Waals surface area contributed by atoms with E-state index in [2.05, 4.69) is 0 Å². The number of hydrogen-bond acceptors (Lipinski definition) is 7. The molecule has 0 N–H and O–H groups in total. The summed E-state index contributed by atoms with van der Waals surface area (Å²) in [5.74, 6) is -3.80. The lowest BCUT2D eigenvalue weighted by molar-refractivity contribution is -0.384. The molecule has 9 nitrogen and oxygen atoms in total. The van der Waals surface area contributed by atoms with Crippen LogP contribution in [-0.4, -0.2) is 51.3 Å². The Morgan fingerprint density at radius 1 is 0.906 bits per heavy atom. The van der Waals surface area contributed by atoms with Gasteiger partial charge in [0.05, 0.1) is 22.4 Å². The highest BCUT2D eigenvalue weighted by Crippen LogP contribution is 2.57. The number of benzene rings is 2. The third-order valence-electron chi connectivity index (χ3n) is 7.40. The van der Waals surface area contributed by atoms with Crippen molar-refractivity contribution in [1.82, 2.24) is 4.90 Å². The smallest absolute Gasteiger partial charge is 0.269 e. The number of anilines is 1. The summed E-state index contributed by atoms with van der Waals surface area (Å²) in [6.07, 6.45) is 1.35. The molecule has 0 saturated carbocycles. The number of hydrogen-bond donors (Lipinski definition) is 0. The van der Waals surface area contributed by atoms with Gasteiger partial charge < -0.3 is 0 Å². The summed E-state index contributed by atoms with van der Waals surface area (Å²) >= 11 is 0. The van der Waals surface area contributed by atoms with Gasteiger partial charge in [-0.25, -0.2) is 4.90 Å². The molecule has 3 fully saturated rings. The third-order valence-corrected chi connectivity index (χ3v) is 7.40. The van der Waals surface area contributed by atoms with E-state index in [0.717, 1.165) is 11.3 Å². The molecule has 0 aromatic heterocycles. The van der Waals surface area contributed by atoms with Gasteiger partial charge >= 0.3 is 0 Å². The first-order chi connectivity index (χ1) is 15.4. The Balaban J connectivity index is 1.50. The molecule has 3 saturated heterocycles. The molecule has 4 aliphatic rings. The number of fused-ring (bicyclic) bond motifs is 6. The van der Waals surface area contributed by atoms with Gasteiger partial charge in [0, 0.05) is 29.3 Å². The molecular formula is C23H17N3O6. The van der Waals surface area contributed by atoms with E-state index in [9.17, 15) is 29.3 Å². The molecule has 3 aliphatic heterocycles. The van der Waals surface area contributed by atoms with Crippen LogP contribution in [0.2, 0.25) is 0 Å². The van der Waals surface area contributed by atoms with E-state index in [-0.39, 0.29) is 28.5 Å². The molecule has 0 radical (unpaired) electrons. The van der Waals surface area contributed by atoms with E-state index in [1.54, 1.807) is 29.2 Å². The largest absolute Gasteiger partial charge is 0.291 e. The minimum Gasteiger partial charge on any atom is -0.291 e. The number of nitrogens with zero attached hydrogens (tertiary/aromatic N) is 3. The van der Waals surface area contributed by atoms with Gasteiger partial charge in [0.15, 0.2) is 17.1 Å². The van der Waals surface area contributed by atoms with Crippen molar-refractivity contribution >= 4 is 34.8 Å². The molecule has 2 amide bonds. The third kappa shape index (κ3) is 2.02. The predicted octanol–water partition coefficient (Wildman–Crippen LogP) is 2.00. The Hall–Kier alpha value is -3.72. The number of ketones is 2. The maximum absolute atomic E-state index is 13.7. The van der Waals surface area contributed by atoms with Crippen molar-refractivity contribution in [3.05, 3.63) is 69.8 Å². The Labute approximate surface area is 181 Å². The normalized spacial score (nSPS) is 27.9. The highest BCUT2D eigenvalue weighted by atomic mass is 16.6. The fourth-order valence-electron chi connectivity index (χ4n) is 6.21. The van der Waals surface area contributed by atoms with Crippen LogP contribution in [0, 0.1) is 22.0 Å². The summed E-state index contributed by atoms with van der Waals surface area (Å²) < 4.78 is 0. The first-order valence-corrected chi connectivity index (χ1v) is 10.5. The van der Waals surface area contributed by atoms with Crippen molar-refractivity contribution < 1.29 is 24.1 Å². The van der Waals surface area contributed by atoms with Crippen molar-refractivity contribution in [2.45, 2.75) is 24.4 Å². The first-order valence-electron chi connectivity index (χ1n) is 10.5. The lowest BCUT2D eigenvalue weighted by atomic mass is 9.76. The average Bonchev–Trinajstić information content (AvgIpc) is 3.49. The number of carbonyl (C=O) groups excluding carboxylic acids is 4. The predicted molar refractivity (Wildman–Crippen MR) is 110 cm³/mol. The van der Waals surface area contributed by atoms with Gasteiger partial charge in [-0.1, -0.05) is 24.3 Å². The van der Waals surface area contributed by atoms with Crippen LogP contribution in [0.3, 0.4) is 0 Å². The molecule has 3 atom stereocenters. The van der Waals surface area contributed by atoms with Crippen LogP contribution in [0.4, 0.5) is 11.4 Å². The second-order valence-electron chi connectivity index (χ2n) is 8.66. The van der Waals surface area contributed by atoms with Crippen LogP contribution in [-0.2, 0) is 9.59 Å². The van der Waals surface area contributed by atoms with Crippen molar-refractivity contribution in [3.8, 4) is 0 Å². The maximum Gasteiger partial charge on any atom is 0.269 e. The standard InChI is InChI=1S/C23H17N3O6/c27-19-14-4-1-2-5-15(14)20(28)23(19)18-17(16-6-3-11-24(16)23)21(29)25(22(18)30)12-7-9-13(10-8-12)26(31)32/h1-2,4-5,7-10,16-18H,3,6,11H2/t16-,17-,18-/m1/s1. The molecule has 32 heavy (non-hydrogen) atoms. The topological polar surface area (TPSA) is 118 Å². The minimum absolute atomic E-state index is 0.164. The zero-order valence-electron chi connectivity index (χ0n) is 16.8. The van der Waals surface area contributed by atoms with E-state index in [1.165, 1.54) is 24.3 Å². The number of Topliss-reactive ketones (excluding diaryl/α,β-unsaturated/α-hetero) is 2. The average molecular weight is 431 g/mol. The van der Waals surface area contributed by atoms with Crippen LogP contribution in [0.5, 0.6) is 0 Å². The molecule has 160 valence electrons. The van der Waals surface area contributed by atoms with Gasteiger partial charge in [0.25, 0.3) is 5.69 Å². The lowest BCUT2D eigenvalue weighted by Gasteiger charge is -2.35. The molecule has 2 aromatic carbocycles. The maximum atomic E-state index is 13.7. The van der Waals surface area contributed by atoms with Crippen LogP contribution in [0.15, 0.2) is 48.5 Å². The summed E-state index contributed by atoms with van der Waals surface area (Å²) in [5, 5.41) is 11.0. The lowest BCUT2D eigenvalue weighted by Crippen LogP contribution is -2.59. The quantitative estimate of drug-likeness (QED) is 0.309. The van der Waals surface area contributed by atoms with Crippen molar-refractivity contribution in [3.63, 3.8) is 0 Å². The van der Waals surface area contributed by atoms with Gasteiger partial charge in [0.1, 0.15) is 0 Å². The van der Waals surface area contributed by atoms with Crippen LogP contribution < -0.4 is 4.90 Å². The number of carbonyl (C=O) groups is 4. The fourth-order valence-corrected chi connectivity index (χ4v) is 6.21. The van der Waals surface area contributed by atoms with Gasteiger partial charge in [-0.15, -0.1) is 0 Å². The van der Waals surface area contributed by atoms with Crippen LogP contribution >= 0.6 is 0 Å². The van der Waals surface area contributed by atoms with Crippen molar-refractivity contribution in [2.75, 3.05) is 11.4 Å². The number of nitro benzene ring substituents is 1. The number of nitro groups is 1. The molecule has 1 aliphatic carbocycles. The Morgan fingerprint density at radius 2 is 1.53 bits per heavy atom. The summed E-state index contributed by atoms with van der Waals surface area (Å²) in [6.45, 7) is 0.473. The van der Waals surface area contributed by atoms with E-state index in [1.807, 2.05) is 0 Å². The first kappa shape index (κ1) is 19.0. The van der Waals surface area contributed by atoms with E-state index < -0.39 is 45.7 Å². The molecule has 9 heteroatoms. The summed E-state index contributed by atoms with van der Waals surface area (Å²) in [5.41, 5.74) is -1.08. The highest BCUT2D eigenvalue weighted by Gasteiger charge is 2.76. The van der Waals surface area contributed by atoms with Crippen LogP contribution in [0.25, 0.3) is 0 Å². The number of amides is 2. The minimum atomic E-state index is -1.70. The SMILES string of the molecule is O=C1[C@@H]2[C@H]3CCCN3C3(C(=O)c4ccccc4C3=O)[C@H]2C(=O)N1c1ccc([N+](=O)[O-])cc1. The van der Waals surface area contributed by atoms with E-state index in [0.29, 0.717) is 13.0 Å². The monoisotopic (exact) mass is 431 g/mol. The van der Waals surface area contributed by atoms with Gasteiger partial charge in [0.2, 0.25) is 11.8 Å². The van der Waals surface area contributed by atoms with E-state index >= 15 is 0 Å².